The molecule has 0 radical (unpaired) electrons. The van der Waals surface area contributed by atoms with Crippen LogP contribution in [-0.2, 0) is 19.1 Å². The fourth-order valence-corrected chi connectivity index (χ4v) is 2.27. The fraction of sp³-hybridized carbons (Fsp3) is 0.238. The van der Waals surface area contributed by atoms with Crippen molar-refractivity contribution in [3.8, 4) is 0 Å². The van der Waals surface area contributed by atoms with Crippen molar-refractivity contribution in [3.05, 3.63) is 59.7 Å². The minimum atomic E-state index is -5.04. The van der Waals surface area contributed by atoms with Crippen molar-refractivity contribution in [3.63, 3.8) is 0 Å². The van der Waals surface area contributed by atoms with Crippen molar-refractivity contribution in [2.45, 2.75) is 19.5 Å². The van der Waals surface area contributed by atoms with E-state index in [1.807, 2.05) is 6.92 Å². The molecule has 8 nitrogen and oxygen atoms in total. The molecule has 0 atom stereocenters. The van der Waals surface area contributed by atoms with Crippen LogP contribution in [0.25, 0.3) is 0 Å². The average molecular weight is 452 g/mol. The van der Waals surface area contributed by atoms with E-state index in [1.165, 1.54) is 24.3 Å². The van der Waals surface area contributed by atoms with Crippen molar-refractivity contribution in [1.29, 1.82) is 0 Å². The summed E-state index contributed by atoms with van der Waals surface area (Å²) in [6.45, 7) is 1.55. The number of hydrogen-bond donors (Lipinski definition) is 2. The van der Waals surface area contributed by atoms with Crippen molar-refractivity contribution >= 4 is 35.1 Å². The standard InChI is InChI=1S/C21H19F3N2O6/c1-2-11-31-18(28)13-3-7-15(8-4-13)25-17(27)12-32-19(29)14-5-9-16(10-6-14)26-20(30)21(22,23)24/h3-10H,2,11-12H2,1H3,(H,25,27)(H,26,30). The van der Waals surface area contributed by atoms with Crippen LogP contribution < -0.4 is 10.6 Å². The first-order valence-electron chi connectivity index (χ1n) is 9.32. The number of alkyl halides is 3. The minimum absolute atomic E-state index is 0.0299. The average Bonchev–Trinajstić information content (AvgIpc) is 2.76. The second-order valence-electron chi connectivity index (χ2n) is 6.37. The third-order valence-corrected chi connectivity index (χ3v) is 3.81. The predicted octanol–water partition coefficient (Wildman–Crippen LogP) is 3.55. The molecule has 32 heavy (non-hydrogen) atoms. The van der Waals surface area contributed by atoms with Crippen LogP contribution in [0.1, 0.15) is 34.1 Å². The molecule has 11 heteroatoms. The van der Waals surface area contributed by atoms with Crippen LogP contribution in [0.2, 0.25) is 0 Å². The Balaban J connectivity index is 1.83. The first kappa shape index (κ1) is 24.4. The zero-order valence-electron chi connectivity index (χ0n) is 16.8. The Bertz CT molecular complexity index is 973. The van der Waals surface area contributed by atoms with Gasteiger partial charge in [0.2, 0.25) is 0 Å². The summed E-state index contributed by atoms with van der Waals surface area (Å²) in [5.41, 5.74) is 0.488. The molecule has 0 saturated carbocycles. The zero-order valence-corrected chi connectivity index (χ0v) is 16.8. The smallest absolute Gasteiger partial charge is 0.462 e. The fourth-order valence-electron chi connectivity index (χ4n) is 2.27. The Morgan fingerprint density at radius 1 is 0.781 bits per heavy atom. The molecule has 2 N–H and O–H groups in total. The molecule has 2 rings (SSSR count). The SMILES string of the molecule is CCCOC(=O)c1ccc(NC(=O)COC(=O)c2ccc(NC(=O)C(F)(F)F)cc2)cc1. The maximum atomic E-state index is 12.2. The Labute approximate surface area is 180 Å². The van der Waals surface area contributed by atoms with Gasteiger partial charge in [0.05, 0.1) is 17.7 Å². The summed E-state index contributed by atoms with van der Waals surface area (Å²) in [5, 5.41) is 4.12. The van der Waals surface area contributed by atoms with E-state index in [1.54, 1.807) is 5.32 Å². The van der Waals surface area contributed by atoms with Crippen LogP contribution in [0, 0.1) is 0 Å². The number of carbonyl (C=O) groups is 4. The third kappa shape index (κ3) is 7.42. The van der Waals surface area contributed by atoms with Gasteiger partial charge >= 0.3 is 24.0 Å². The van der Waals surface area contributed by atoms with Gasteiger partial charge in [0.25, 0.3) is 5.91 Å². The highest BCUT2D eigenvalue weighted by Crippen LogP contribution is 2.19. The van der Waals surface area contributed by atoms with E-state index in [4.69, 9.17) is 9.47 Å². The molecule has 2 amide bonds. The van der Waals surface area contributed by atoms with Gasteiger partial charge in [0, 0.05) is 11.4 Å². The van der Waals surface area contributed by atoms with Crippen LogP contribution in [0.4, 0.5) is 24.5 Å². The molecule has 2 aromatic rings. The number of carbonyl (C=O) groups excluding carboxylic acids is 4. The maximum Gasteiger partial charge on any atom is 0.471 e. The van der Waals surface area contributed by atoms with E-state index < -0.39 is 36.5 Å². The van der Waals surface area contributed by atoms with Gasteiger partial charge in [-0.3, -0.25) is 9.59 Å². The van der Waals surface area contributed by atoms with Gasteiger partial charge < -0.3 is 20.1 Å². The Morgan fingerprint density at radius 2 is 1.25 bits per heavy atom. The maximum absolute atomic E-state index is 12.2. The highest BCUT2D eigenvalue weighted by atomic mass is 19.4. The number of hydrogen-bond acceptors (Lipinski definition) is 6. The largest absolute Gasteiger partial charge is 0.471 e. The predicted molar refractivity (Wildman–Crippen MR) is 107 cm³/mol. The van der Waals surface area contributed by atoms with Gasteiger partial charge in [-0.05, 0) is 55.0 Å². The lowest BCUT2D eigenvalue weighted by Crippen LogP contribution is -2.29. The molecule has 0 aliphatic carbocycles. The van der Waals surface area contributed by atoms with E-state index in [0.717, 1.165) is 24.3 Å². The number of benzene rings is 2. The van der Waals surface area contributed by atoms with Gasteiger partial charge in [-0.15, -0.1) is 0 Å². The van der Waals surface area contributed by atoms with Gasteiger partial charge in [0.1, 0.15) is 0 Å². The highest BCUT2D eigenvalue weighted by molar-refractivity contribution is 5.97. The lowest BCUT2D eigenvalue weighted by molar-refractivity contribution is -0.167. The summed E-state index contributed by atoms with van der Waals surface area (Å²) in [6.07, 6.45) is -4.35. The molecule has 0 aromatic heterocycles. The Hall–Kier alpha value is -3.89. The van der Waals surface area contributed by atoms with Crippen molar-refractivity contribution in [1.82, 2.24) is 0 Å². The van der Waals surface area contributed by atoms with Crippen LogP contribution in [0.5, 0.6) is 0 Å². The first-order valence-corrected chi connectivity index (χ1v) is 9.32. The molecule has 0 unspecified atom stereocenters. The zero-order chi connectivity index (χ0) is 23.7. The quantitative estimate of drug-likeness (QED) is 0.593. The van der Waals surface area contributed by atoms with E-state index in [2.05, 4.69) is 5.32 Å². The second kappa shape index (κ2) is 10.9. The Kier molecular flexibility index (Phi) is 8.33. The Morgan fingerprint density at radius 3 is 1.72 bits per heavy atom. The van der Waals surface area contributed by atoms with Gasteiger partial charge in [-0.25, -0.2) is 9.59 Å². The molecule has 2 aromatic carbocycles. The molecule has 0 heterocycles. The minimum Gasteiger partial charge on any atom is -0.462 e. The molecular formula is C21H19F3N2O6. The van der Waals surface area contributed by atoms with Gasteiger partial charge in [0.15, 0.2) is 6.61 Å². The van der Waals surface area contributed by atoms with Crippen LogP contribution in [0.3, 0.4) is 0 Å². The number of rotatable bonds is 8. The van der Waals surface area contributed by atoms with E-state index in [0.29, 0.717) is 24.3 Å². The molecule has 0 fully saturated rings. The summed E-state index contributed by atoms with van der Waals surface area (Å²) in [4.78, 5) is 46.5. The number of ether oxygens (including phenoxy) is 2. The number of esters is 2. The van der Waals surface area contributed by atoms with Gasteiger partial charge in [-0.2, -0.15) is 13.2 Å². The van der Waals surface area contributed by atoms with E-state index in [-0.39, 0.29) is 11.3 Å². The van der Waals surface area contributed by atoms with Crippen LogP contribution in [-0.4, -0.2) is 43.1 Å². The second-order valence-corrected chi connectivity index (χ2v) is 6.37. The monoisotopic (exact) mass is 452 g/mol. The van der Waals surface area contributed by atoms with E-state index >= 15 is 0 Å². The molecule has 170 valence electrons. The molecular weight excluding hydrogens is 433 g/mol. The highest BCUT2D eigenvalue weighted by Gasteiger charge is 2.38. The number of anilines is 2. The lowest BCUT2D eigenvalue weighted by atomic mass is 10.2. The summed E-state index contributed by atoms with van der Waals surface area (Å²) in [6, 6.07) is 10.4. The first-order chi connectivity index (χ1) is 15.1. The number of halogens is 3. The van der Waals surface area contributed by atoms with Crippen LogP contribution in [0.15, 0.2) is 48.5 Å². The number of nitrogens with one attached hydrogen (secondary N) is 2. The molecule has 0 spiro atoms. The third-order valence-electron chi connectivity index (χ3n) is 3.81. The van der Waals surface area contributed by atoms with Crippen molar-refractivity contribution in [2.75, 3.05) is 23.8 Å². The summed E-state index contributed by atoms with van der Waals surface area (Å²) in [7, 11) is 0. The van der Waals surface area contributed by atoms with Crippen molar-refractivity contribution < 1.29 is 41.8 Å². The number of amides is 2. The normalized spacial score (nSPS) is 10.8. The topological polar surface area (TPSA) is 111 Å². The van der Waals surface area contributed by atoms with Crippen molar-refractivity contribution in [2.24, 2.45) is 0 Å². The molecule has 0 aliphatic rings. The molecule has 0 bridgehead atoms. The van der Waals surface area contributed by atoms with E-state index in [9.17, 15) is 32.3 Å². The van der Waals surface area contributed by atoms with Gasteiger partial charge in [-0.1, -0.05) is 6.92 Å². The summed E-state index contributed by atoms with van der Waals surface area (Å²) < 4.78 is 46.5. The molecule has 0 saturated heterocycles. The summed E-state index contributed by atoms with van der Waals surface area (Å²) >= 11 is 0. The summed E-state index contributed by atoms with van der Waals surface area (Å²) in [5.74, 6) is -4.16. The van der Waals surface area contributed by atoms with Crippen LogP contribution >= 0.6 is 0 Å². The molecule has 0 aliphatic heterocycles. The lowest BCUT2D eigenvalue weighted by Gasteiger charge is -2.09.